The molecule has 15 heteroatoms. The van der Waals surface area contributed by atoms with Gasteiger partial charge >= 0.3 is 0 Å². The molecule has 0 saturated heterocycles. The topological polar surface area (TPSA) is 236 Å². The zero-order valence-electron chi connectivity index (χ0n) is 43.7. The number of nitrogens with two attached hydrogens (primary N) is 1. The molecule has 0 fully saturated rings. The minimum Gasteiger partial charge on any atom is -0.508 e. The number of aldehydes is 1. The molecule has 0 aliphatic carbocycles. The third kappa shape index (κ3) is 10.3. The number of benzene rings is 8. The number of aromatic nitrogens is 4. The number of hydrogen-bond donors (Lipinski definition) is 10. The summed E-state index contributed by atoms with van der Waals surface area (Å²) in [5, 5.41) is 52.7. The molecule has 2 atom stereocenters. The molecule has 4 aromatic heterocycles. The van der Waals surface area contributed by atoms with Crippen LogP contribution in [0.4, 0.5) is 0 Å². The maximum absolute atomic E-state index is 12.7. The molecule has 402 valence electrons. The number of aromatic amines is 2. The molecule has 0 spiro atoms. The van der Waals surface area contributed by atoms with Gasteiger partial charge in [0.1, 0.15) is 23.0 Å². The van der Waals surface area contributed by atoms with Crippen LogP contribution < -0.4 is 21.7 Å². The molecule has 12 aromatic rings. The quantitative estimate of drug-likeness (QED) is 0.0523. The van der Waals surface area contributed by atoms with Gasteiger partial charge in [-0.15, -0.1) is 0 Å². The standard InChI is InChI=1S/C33H28N4O3.C17H12N2O3.C16H16N2O/c38-23-9-6-20(7-10-23)19-37-14-13-22-8-5-21(15-30(22)37)17-34-18-29-31(26-3-1-2-4-28(26)35-29)32-27-16-24(39)11-12-25(27)33(40)36-32;20-8-14-15(11-3-1-2-4-13(11)18-14)16-12-7-9(21)5-6-10(12)17(22)19-16;17-10-13-1-4-14-7-8-18(16(14)9-13)11-12-2-5-15(19)6-3-12/h1-16,32,34-35,38-39H,17-19H2,(H,36,40);1-8,16,18,21H,(H,19,22);1-9,19H,10-11,17H2. The molecule has 0 saturated carbocycles. The highest BCUT2D eigenvalue weighted by Gasteiger charge is 2.35. The lowest BCUT2D eigenvalue weighted by Gasteiger charge is -2.15. The van der Waals surface area contributed by atoms with Crippen molar-refractivity contribution in [3.05, 3.63) is 261 Å². The van der Waals surface area contributed by atoms with Gasteiger partial charge in [-0.05, 0) is 141 Å². The van der Waals surface area contributed by atoms with Crippen LogP contribution in [0.25, 0.3) is 43.6 Å². The number of nitrogens with zero attached hydrogens (tertiary/aromatic N) is 2. The summed E-state index contributed by atoms with van der Waals surface area (Å²) in [6.07, 6.45) is 4.93. The Labute approximate surface area is 464 Å². The number of phenols is 4. The fourth-order valence-corrected chi connectivity index (χ4v) is 11.2. The normalized spacial score (nSPS) is 14.3. The molecule has 0 bridgehead atoms. The second kappa shape index (κ2) is 21.8. The number of carbonyl (C=O) groups is 3. The molecule has 2 unspecified atom stereocenters. The number of fused-ring (bicyclic) bond motifs is 6. The van der Waals surface area contributed by atoms with Crippen LogP contribution in [0.3, 0.4) is 0 Å². The van der Waals surface area contributed by atoms with E-state index >= 15 is 0 Å². The van der Waals surface area contributed by atoms with Crippen molar-refractivity contribution in [1.29, 1.82) is 0 Å². The van der Waals surface area contributed by atoms with E-state index < -0.39 is 6.04 Å². The van der Waals surface area contributed by atoms with E-state index in [1.165, 1.54) is 27.9 Å². The molecule has 15 nitrogen and oxygen atoms in total. The van der Waals surface area contributed by atoms with Crippen LogP contribution in [0.1, 0.15) is 93.5 Å². The lowest BCUT2D eigenvalue weighted by atomic mass is 9.95. The third-order valence-electron chi connectivity index (χ3n) is 15.2. The first-order chi connectivity index (χ1) is 39.5. The maximum Gasteiger partial charge on any atom is 0.252 e. The van der Waals surface area contributed by atoms with E-state index in [4.69, 9.17) is 5.73 Å². The van der Waals surface area contributed by atoms with E-state index in [9.17, 15) is 34.8 Å². The molecule has 8 aromatic carbocycles. The second-order valence-corrected chi connectivity index (χ2v) is 20.3. The molecule has 14 rings (SSSR count). The van der Waals surface area contributed by atoms with Crippen LogP contribution in [0, 0.1) is 0 Å². The summed E-state index contributed by atoms with van der Waals surface area (Å²) in [5.41, 5.74) is 20.2. The number of amides is 2. The van der Waals surface area contributed by atoms with E-state index in [0.29, 0.717) is 47.8 Å². The summed E-state index contributed by atoms with van der Waals surface area (Å²) >= 11 is 0. The Morgan fingerprint density at radius 2 is 0.963 bits per heavy atom. The molecule has 6 heterocycles. The maximum atomic E-state index is 12.7. The van der Waals surface area contributed by atoms with Crippen molar-refractivity contribution in [3.8, 4) is 23.0 Å². The smallest absolute Gasteiger partial charge is 0.252 e. The van der Waals surface area contributed by atoms with Gasteiger partial charge in [0.15, 0.2) is 6.29 Å². The summed E-state index contributed by atoms with van der Waals surface area (Å²) in [7, 11) is 0. The van der Waals surface area contributed by atoms with Crippen LogP contribution in [0.2, 0.25) is 0 Å². The van der Waals surface area contributed by atoms with Gasteiger partial charge in [0.25, 0.3) is 11.8 Å². The lowest BCUT2D eigenvalue weighted by molar-refractivity contribution is 0.0952. The Bertz CT molecular complexity index is 4340. The molecule has 11 N–H and O–H groups in total. The summed E-state index contributed by atoms with van der Waals surface area (Å²) in [4.78, 5) is 42.9. The van der Waals surface area contributed by atoms with Crippen molar-refractivity contribution in [1.82, 2.24) is 35.1 Å². The molecular weight excluding hydrogens is 1020 g/mol. The van der Waals surface area contributed by atoms with Crippen molar-refractivity contribution >= 4 is 61.7 Å². The van der Waals surface area contributed by atoms with E-state index in [-0.39, 0.29) is 35.1 Å². The Balaban J connectivity index is 0.000000133. The Morgan fingerprint density at radius 3 is 1.51 bits per heavy atom. The lowest BCUT2D eigenvalue weighted by Crippen LogP contribution is -2.22. The van der Waals surface area contributed by atoms with Crippen molar-refractivity contribution in [2.24, 2.45) is 5.73 Å². The minimum absolute atomic E-state index is 0.0905. The highest BCUT2D eigenvalue weighted by molar-refractivity contribution is 6.03. The van der Waals surface area contributed by atoms with Crippen molar-refractivity contribution < 1.29 is 34.8 Å². The van der Waals surface area contributed by atoms with Gasteiger partial charge in [-0.3, -0.25) is 14.4 Å². The average Bonchev–Trinajstić information content (AvgIpc) is 4.44. The summed E-state index contributed by atoms with van der Waals surface area (Å²) in [6, 6.07) is 56.0. The minimum atomic E-state index is -0.453. The number of rotatable bonds is 12. The van der Waals surface area contributed by atoms with Gasteiger partial charge in [0.2, 0.25) is 0 Å². The van der Waals surface area contributed by atoms with Gasteiger partial charge in [0.05, 0.1) is 17.8 Å². The monoisotopic (exact) mass is 1070 g/mol. The zero-order valence-corrected chi connectivity index (χ0v) is 43.7. The summed E-state index contributed by atoms with van der Waals surface area (Å²) in [6.45, 7) is 3.32. The number of carbonyl (C=O) groups excluding carboxylic acids is 3. The highest BCUT2D eigenvalue weighted by Crippen LogP contribution is 2.40. The molecule has 81 heavy (non-hydrogen) atoms. The molecule has 2 aliphatic heterocycles. The number of phenolic OH excluding ortho intramolecular Hbond substituents is 4. The van der Waals surface area contributed by atoms with Crippen LogP contribution >= 0.6 is 0 Å². The zero-order chi connectivity index (χ0) is 55.7. The van der Waals surface area contributed by atoms with E-state index in [1.54, 1.807) is 54.6 Å². The van der Waals surface area contributed by atoms with Gasteiger partial charge in [0, 0.05) is 106 Å². The number of hydrogen-bond acceptors (Lipinski definition) is 9. The first kappa shape index (κ1) is 51.4. The van der Waals surface area contributed by atoms with Crippen LogP contribution in [0.15, 0.2) is 194 Å². The average molecular weight is 1070 g/mol. The van der Waals surface area contributed by atoms with Crippen molar-refractivity contribution in [2.75, 3.05) is 0 Å². The predicted molar refractivity (Wildman–Crippen MR) is 314 cm³/mol. The molecule has 0 radical (unpaired) electrons. The first-order valence-corrected chi connectivity index (χ1v) is 26.5. The van der Waals surface area contributed by atoms with Gasteiger partial charge in [-0.25, -0.2) is 0 Å². The van der Waals surface area contributed by atoms with Crippen LogP contribution in [0.5, 0.6) is 23.0 Å². The largest absolute Gasteiger partial charge is 0.508 e. The Kier molecular flexibility index (Phi) is 13.8. The molecule has 2 amide bonds. The van der Waals surface area contributed by atoms with E-state index in [0.717, 1.165) is 85.8 Å². The summed E-state index contributed by atoms with van der Waals surface area (Å²) < 4.78 is 4.41. The van der Waals surface area contributed by atoms with E-state index in [1.807, 2.05) is 66.7 Å². The van der Waals surface area contributed by atoms with Gasteiger partial charge in [-0.2, -0.15) is 0 Å². The fraction of sp³-hybridized carbons (Fsp3) is 0.106. The number of H-pyrrole nitrogens is 2. The Morgan fingerprint density at radius 1 is 0.494 bits per heavy atom. The third-order valence-corrected chi connectivity index (χ3v) is 15.2. The predicted octanol–water partition coefficient (Wildman–Crippen LogP) is 11.1. The van der Waals surface area contributed by atoms with Crippen LogP contribution in [-0.4, -0.2) is 57.6 Å². The van der Waals surface area contributed by atoms with Gasteiger partial charge < -0.3 is 61.2 Å². The van der Waals surface area contributed by atoms with E-state index in [2.05, 4.69) is 102 Å². The van der Waals surface area contributed by atoms with Crippen molar-refractivity contribution in [3.63, 3.8) is 0 Å². The highest BCUT2D eigenvalue weighted by atomic mass is 16.3. The van der Waals surface area contributed by atoms with Crippen molar-refractivity contribution in [2.45, 2.75) is 44.8 Å². The Hall–Kier alpha value is -10.4. The second-order valence-electron chi connectivity index (χ2n) is 20.3. The number of aromatic hydroxyl groups is 4. The van der Waals surface area contributed by atoms with Crippen LogP contribution in [-0.2, 0) is 32.7 Å². The number of nitrogens with one attached hydrogen (secondary N) is 5. The fourth-order valence-electron chi connectivity index (χ4n) is 11.2. The van der Waals surface area contributed by atoms with Gasteiger partial charge in [-0.1, -0.05) is 84.9 Å². The molecule has 2 aliphatic rings. The summed E-state index contributed by atoms with van der Waals surface area (Å²) in [5.74, 6) is 0.463. The molecular formula is C66H56N8O7. The first-order valence-electron chi connectivity index (χ1n) is 26.5. The number of para-hydroxylation sites is 2. The SMILES string of the molecule is NCc1ccc2ccn(Cc3ccc(O)cc3)c2c1.O=C1NC(c2c(CNCc3ccc4ccn(Cc5ccc(O)cc5)c4c3)[nH]c3ccccc23)c2cc(O)ccc21.O=Cc1[nH]c2ccccc2c1C1NC(=O)c2ccc(O)cc21.